The van der Waals surface area contributed by atoms with E-state index >= 15 is 0 Å². The van der Waals surface area contributed by atoms with Crippen LogP contribution >= 0.6 is 11.8 Å². The Hall–Kier alpha value is -2.64. The van der Waals surface area contributed by atoms with Crippen molar-refractivity contribution in [2.24, 2.45) is 0 Å². The van der Waals surface area contributed by atoms with Crippen molar-refractivity contribution >= 4 is 17.7 Å². The molecule has 0 radical (unpaired) electrons. The number of aromatic nitrogens is 2. The van der Waals surface area contributed by atoms with Crippen molar-refractivity contribution in [3.63, 3.8) is 0 Å². The first-order chi connectivity index (χ1) is 15.0. The molecule has 1 aliphatic rings. The number of thioether (sulfide) groups is 1. The summed E-state index contributed by atoms with van der Waals surface area (Å²) < 4.78 is 5.78. The molecule has 162 valence electrons. The summed E-state index contributed by atoms with van der Waals surface area (Å²) in [7, 11) is 0. The Labute approximate surface area is 187 Å². The fourth-order valence-electron chi connectivity index (χ4n) is 4.00. The number of hydrogen-bond acceptors (Lipinski definition) is 6. The van der Waals surface area contributed by atoms with Gasteiger partial charge in [-0.2, -0.15) is 0 Å². The van der Waals surface area contributed by atoms with Crippen LogP contribution in [0.2, 0.25) is 0 Å². The summed E-state index contributed by atoms with van der Waals surface area (Å²) >= 11 is 1.30. The van der Waals surface area contributed by atoms with Gasteiger partial charge in [0, 0.05) is 37.8 Å². The van der Waals surface area contributed by atoms with Crippen molar-refractivity contribution in [2.75, 3.05) is 31.9 Å². The van der Waals surface area contributed by atoms with E-state index in [1.54, 1.807) is 0 Å². The second-order valence-electron chi connectivity index (χ2n) is 8.04. The molecule has 4 rings (SSSR count). The van der Waals surface area contributed by atoms with Gasteiger partial charge < -0.3 is 9.32 Å². The molecule has 3 aromatic rings. The van der Waals surface area contributed by atoms with Crippen LogP contribution in [0.15, 0.2) is 58.2 Å². The maximum absolute atomic E-state index is 12.7. The van der Waals surface area contributed by atoms with Gasteiger partial charge in [-0.05, 0) is 38.5 Å². The lowest BCUT2D eigenvalue weighted by molar-refractivity contribution is -0.130. The molecule has 0 N–H and O–H groups in total. The number of piperazine rings is 1. The molecule has 0 aliphatic carbocycles. The van der Waals surface area contributed by atoms with Gasteiger partial charge in [-0.15, -0.1) is 10.2 Å². The first-order valence-corrected chi connectivity index (χ1v) is 11.6. The molecule has 6 nitrogen and oxygen atoms in total. The normalized spacial score (nSPS) is 15.8. The quantitative estimate of drug-likeness (QED) is 0.536. The lowest BCUT2D eigenvalue weighted by atomic mass is 10.1. The van der Waals surface area contributed by atoms with Crippen molar-refractivity contribution < 1.29 is 9.21 Å². The monoisotopic (exact) mass is 436 g/mol. The summed E-state index contributed by atoms with van der Waals surface area (Å²) in [5.74, 6) is 0.913. The molecule has 0 bridgehead atoms. The van der Waals surface area contributed by atoms with Crippen molar-refractivity contribution in [1.29, 1.82) is 0 Å². The van der Waals surface area contributed by atoms with Crippen LogP contribution in [0.4, 0.5) is 0 Å². The molecule has 0 spiro atoms. The number of aryl methyl sites for hydroxylation is 2. The molecule has 1 amide bonds. The van der Waals surface area contributed by atoms with Crippen molar-refractivity contribution in [3.05, 3.63) is 65.2 Å². The number of benzene rings is 2. The summed E-state index contributed by atoms with van der Waals surface area (Å²) in [5, 5.41) is 8.68. The first kappa shape index (κ1) is 21.6. The van der Waals surface area contributed by atoms with Crippen LogP contribution in [-0.2, 0) is 4.79 Å². The highest BCUT2D eigenvalue weighted by Gasteiger charge is 2.25. The fourth-order valence-corrected chi connectivity index (χ4v) is 4.66. The van der Waals surface area contributed by atoms with E-state index in [4.69, 9.17) is 4.42 Å². The van der Waals surface area contributed by atoms with Crippen LogP contribution in [0.25, 0.3) is 11.5 Å². The van der Waals surface area contributed by atoms with Crippen molar-refractivity contribution in [1.82, 2.24) is 20.0 Å². The summed E-state index contributed by atoms with van der Waals surface area (Å²) in [6.45, 7) is 9.56. The average molecular weight is 437 g/mol. The second-order valence-corrected chi connectivity index (χ2v) is 8.97. The molecule has 31 heavy (non-hydrogen) atoms. The number of nitrogens with zero attached hydrogens (tertiary/aromatic N) is 4. The third-order valence-electron chi connectivity index (χ3n) is 5.69. The van der Waals surface area contributed by atoms with Gasteiger partial charge in [0.15, 0.2) is 0 Å². The van der Waals surface area contributed by atoms with E-state index in [1.165, 1.54) is 17.3 Å². The zero-order valence-electron chi connectivity index (χ0n) is 18.2. The van der Waals surface area contributed by atoms with E-state index in [9.17, 15) is 4.79 Å². The van der Waals surface area contributed by atoms with E-state index in [-0.39, 0.29) is 5.91 Å². The van der Waals surface area contributed by atoms with Crippen LogP contribution in [0.3, 0.4) is 0 Å². The van der Waals surface area contributed by atoms with Crippen LogP contribution in [0.1, 0.15) is 29.7 Å². The van der Waals surface area contributed by atoms with Crippen LogP contribution in [0.5, 0.6) is 0 Å². The van der Waals surface area contributed by atoms with Gasteiger partial charge in [-0.3, -0.25) is 9.69 Å². The minimum absolute atomic E-state index is 0.114. The second kappa shape index (κ2) is 9.66. The standard InChI is InChI=1S/C24H28N4O2S/c1-17-13-18(2)15-21(14-17)23-25-26-24(30-23)31-16-22(29)28-11-9-27(10-12-28)19(3)20-7-5-4-6-8-20/h4-8,13-15,19H,9-12,16H2,1-3H3. The molecule has 2 aromatic carbocycles. The highest BCUT2D eigenvalue weighted by molar-refractivity contribution is 7.99. The Bertz CT molecular complexity index is 1010. The molecular weight excluding hydrogens is 408 g/mol. The predicted octanol–water partition coefficient (Wildman–Crippen LogP) is 4.35. The van der Waals surface area contributed by atoms with Gasteiger partial charge in [0.1, 0.15) is 0 Å². The molecule has 1 aliphatic heterocycles. The molecule has 2 heterocycles. The molecule has 7 heteroatoms. The van der Waals surface area contributed by atoms with Crippen LogP contribution in [-0.4, -0.2) is 57.8 Å². The third-order valence-corrected chi connectivity index (χ3v) is 6.49. The number of rotatable bonds is 6. The third kappa shape index (κ3) is 5.35. The lowest BCUT2D eigenvalue weighted by Crippen LogP contribution is -2.49. The smallest absolute Gasteiger partial charge is 0.277 e. The predicted molar refractivity (Wildman–Crippen MR) is 123 cm³/mol. The minimum atomic E-state index is 0.114. The number of hydrogen-bond donors (Lipinski definition) is 0. The van der Waals surface area contributed by atoms with E-state index in [2.05, 4.69) is 52.4 Å². The summed E-state index contributed by atoms with van der Waals surface area (Å²) in [5.41, 5.74) is 4.53. The molecule has 1 aromatic heterocycles. The van der Waals surface area contributed by atoms with Gasteiger partial charge >= 0.3 is 0 Å². The minimum Gasteiger partial charge on any atom is -0.411 e. The molecule has 0 saturated carbocycles. The number of carbonyl (C=O) groups excluding carboxylic acids is 1. The lowest BCUT2D eigenvalue weighted by Gasteiger charge is -2.38. The highest BCUT2D eigenvalue weighted by Crippen LogP contribution is 2.26. The van der Waals surface area contributed by atoms with Gasteiger partial charge in [0.05, 0.1) is 5.75 Å². The van der Waals surface area contributed by atoms with E-state index in [0.29, 0.717) is 22.9 Å². The van der Waals surface area contributed by atoms with Gasteiger partial charge in [-0.25, -0.2) is 0 Å². The number of amides is 1. The van der Waals surface area contributed by atoms with Gasteiger partial charge in [0.2, 0.25) is 11.8 Å². The maximum atomic E-state index is 12.7. The van der Waals surface area contributed by atoms with E-state index < -0.39 is 0 Å². The number of carbonyl (C=O) groups is 1. The first-order valence-electron chi connectivity index (χ1n) is 10.6. The summed E-state index contributed by atoms with van der Waals surface area (Å²) in [6.07, 6.45) is 0. The van der Waals surface area contributed by atoms with Gasteiger partial charge in [-0.1, -0.05) is 59.3 Å². The zero-order valence-corrected chi connectivity index (χ0v) is 19.1. The van der Waals surface area contributed by atoms with Crippen molar-refractivity contribution in [3.8, 4) is 11.5 Å². The summed E-state index contributed by atoms with van der Waals surface area (Å²) in [6, 6.07) is 17.0. The molecule has 1 fully saturated rings. The molecule has 1 unspecified atom stereocenters. The Morgan fingerprint density at radius 2 is 1.71 bits per heavy atom. The molecular formula is C24H28N4O2S. The Balaban J connectivity index is 1.28. The van der Waals surface area contributed by atoms with Crippen LogP contribution < -0.4 is 0 Å². The van der Waals surface area contributed by atoms with Crippen molar-refractivity contribution in [2.45, 2.75) is 32.0 Å². The zero-order chi connectivity index (χ0) is 21.8. The highest BCUT2D eigenvalue weighted by atomic mass is 32.2. The summed E-state index contributed by atoms with van der Waals surface area (Å²) in [4.78, 5) is 17.0. The Kier molecular flexibility index (Phi) is 6.73. The fraction of sp³-hybridized carbons (Fsp3) is 0.375. The van der Waals surface area contributed by atoms with E-state index in [0.717, 1.165) is 42.9 Å². The molecule has 1 saturated heterocycles. The molecule has 1 atom stereocenters. The van der Waals surface area contributed by atoms with Crippen LogP contribution in [0, 0.1) is 13.8 Å². The average Bonchev–Trinajstić information content (AvgIpc) is 3.26. The SMILES string of the molecule is Cc1cc(C)cc(-c2nnc(SCC(=O)N3CCN(C(C)c4ccccc4)CC3)o2)c1. The van der Waals surface area contributed by atoms with E-state index in [1.807, 2.05) is 36.9 Å². The Morgan fingerprint density at radius 3 is 2.39 bits per heavy atom. The topological polar surface area (TPSA) is 62.5 Å². The Morgan fingerprint density at radius 1 is 1.03 bits per heavy atom. The maximum Gasteiger partial charge on any atom is 0.277 e. The van der Waals surface area contributed by atoms with Gasteiger partial charge in [0.25, 0.3) is 5.22 Å². The largest absolute Gasteiger partial charge is 0.411 e.